The monoisotopic (exact) mass is 222 g/mol. The maximum Gasteiger partial charge on any atom is 0.234 e. The third-order valence-electron chi connectivity index (χ3n) is 2.55. The minimum Gasteiger partial charge on any atom is -0.477 e. The highest BCUT2D eigenvalue weighted by Crippen LogP contribution is 2.12. The minimum absolute atomic E-state index is 0.444. The first-order valence-corrected chi connectivity index (χ1v) is 5.80. The fourth-order valence-electron chi connectivity index (χ4n) is 1.82. The summed E-state index contributed by atoms with van der Waals surface area (Å²) in [6.07, 6.45) is 5.74. The van der Waals surface area contributed by atoms with Gasteiger partial charge in [-0.25, -0.2) is 0 Å². The number of nitrogens with zero attached hydrogens (tertiary/aromatic N) is 2. The minimum atomic E-state index is 0.444. The van der Waals surface area contributed by atoms with Gasteiger partial charge in [0.25, 0.3) is 0 Å². The SMILES string of the molecule is CCOc1cncc(NC2CCCNC2)n1. The summed E-state index contributed by atoms with van der Waals surface area (Å²) >= 11 is 0. The Balaban J connectivity index is 1.94. The molecule has 5 nitrogen and oxygen atoms in total. The number of nitrogens with one attached hydrogen (secondary N) is 2. The molecule has 0 radical (unpaired) electrons. The summed E-state index contributed by atoms with van der Waals surface area (Å²) in [5, 5.41) is 6.72. The zero-order valence-electron chi connectivity index (χ0n) is 9.57. The number of hydrogen-bond donors (Lipinski definition) is 2. The van der Waals surface area contributed by atoms with Crippen LogP contribution in [-0.2, 0) is 0 Å². The maximum absolute atomic E-state index is 5.31. The molecule has 2 N–H and O–H groups in total. The lowest BCUT2D eigenvalue weighted by atomic mass is 10.1. The van der Waals surface area contributed by atoms with Crippen LogP contribution in [0.4, 0.5) is 5.82 Å². The highest BCUT2D eigenvalue weighted by atomic mass is 16.5. The van der Waals surface area contributed by atoms with E-state index in [0.717, 1.165) is 18.9 Å². The van der Waals surface area contributed by atoms with E-state index in [0.29, 0.717) is 18.5 Å². The number of piperidine rings is 1. The molecule has 0 aromatic carbocycles. The molecule has 1 fully saturated rings. The van der Waals surface area contributed by atoms with Crippen LogP contribution >= 0.6 is 0 Å². The largest absolute Gasteiger partial charge is 0.477 e. The molecule has 1 unspecified atom stereocenters. The molecule has 5 heteroatoms. The molecule has 0 saturated carbocycles. The van der Waals surface area contributed by atoms with Crippen LogP contribution in [0.25, 0.3) is 0 Å². The summed E-state index contributed by atoms with van der Waals surface area (Å²) < 4.78 is 5.31. The van der Waals surface area contributed by atoms with Crippen molar-refractivity contribution in [1.82, 2.24) is 15.3 Å². The van der Waals surface area contributed by atoms with Crippen LogP contribution in [0.1, 0.15) is 19.8 Å². The fourth-order valence-corrected chi connectivity index (χ4v) is 1.82. The average molecular weight is 222 g/mol. The second-order valence-electron chi connectivity index (χ2n) is 3.86. The quantitative estimate of drug-likeness (QED) is 0.797. The highest BCUT2D eigenvalue weighted by molar-refractivity contribution is 5.34. The third-order valence-corrected chi connectivity index (χ3v) is 2.55. The molecule has 0 bridgehead atoms. The Morgan fingerprint density at radius 1 is 1.56 bits per heavy atom. The topological polar surface area (TPSA) is 59.1 Å². The molecule has 1 aliphatic heterocycles. The van der Waals surface area contributed by atoms with E-state index in [1.54, 1.807) is 12.4 Å². The van der Waals surface area contributed by atoms with Crippen molar-refractivity contribution in [3.05, 3.63) is 12.4 Å². The van der Waals surface area contributed by atoms with E-state index in [1.165, 1.54) is 12.8 Å². The summed E-state index contributed by atoms with van der Waals surface area (Å²) in [5.74, 6) is 1.37. The van der Waals surface area contributed by atoms with Crippen molar-refractivity contribution in [1.29, 1.82) is 0 Å². The van der Waals surface area contributed by atoms with Crippen molar-refractivity contribution in [3.8, 4) is 5.88 Å². The lowest BCUT2D eigenvalue weighted by Gasteiger charge is -2.24. The van der Waals surface area contributed by atoms with Crippen LogP contribution in [0.2, 0.25) is 0 Å². The smallest absolute Gasteiger partial charge is 0.234 e. The number of ether oxygens (including phenoxy) is 1. The van der Waals surface area contributed by atoms with Crippen LogP contribution in [0.3, 0.4) is 0 Å². The zero-order chi connectivity index (χ0) is 11.2. The molecule has 16 heavy (non-hydrogen) atoms. The van der Waals surface area contributed by atoms with Crippen molar-refractivity contribution >= 4 is 5.82 Å². The Morgan fingerprint density at radius 2 is 2.50 bits per heavy atom. The first-order valence-electron chi connectivity index (χ1n) is 5.80. The Morgan fingerprint density at radius 3 is 3.25 bits per heavy atom. The molecule has 88 valence electrons. The van der Waals surface area contributed by atoms with Gasteiger partial charge < -0.3 is 15.4 Å². The fraction of sp³-hybridized carbons (Fsp3) is 0.636. The van der Waals surface area contributed by atoms with Crippen LogP contribution in [0.15, 0.2) is 12.4 Å². The van der Waals surface area contributed by atoms with Crippen molar-refractivity contribution in [3.63, 3.8) is 0 Å². The molecule has 1 aliphatic rings. The second kappa shape index (κ2) is 5.65. The van der Waals surface area contributed by atoms with Gasteiger partial charge in [0.2, 0.25) is 5.88 Å². The molecular weight excluding hydrogens is 204 g/mol. The maximum atomic E-state index is 5.31. The Bertz CT molecular complexity index is 326. The molecule has 0 spiro atoms. The predicted molar refractivity (Wildman–Crippen MR) is 62.7 cm³/mol. The van der Waals surface area contributed by atoms with Gasteiger partial charge in [-0.3, -0.25) is 4.98 Å². The van der Waals surface area contributed by atoms with E-state index >= 15 is 0 Å². The van der Waals surface area contributed by atoms with Gasteiger partial charge in [-0.05, 0) is 26.3 Å². The van der Waals surface area contributed by atoms with Crippen molar-refractivity contribution < 1.29 is 4.74 Å². The summed E-state index contributed by atoms with van der Waals surface area (Å²) in [4.78, 5) is 8.43. The van der Waals surface area contributed by atoms with Crippen molar-refractivity contribution in [2.24, 2.45) is 0 Å². The van der Waals surface area contributed by atoms with E-state index < -0.39 is 0 Å². The standard InChI is InChI=1S/C11H18N4O/c1-2-16-11-8-13-7-10(15-11)14-9-4-3-5-12-6-9/h7-9,12H,2-6H2,1H3,(H,14,15). The highest BCUT2D eigenvalue weighted by Gasteiger charge is 2.13. The molecular formula is C11H18N4O. The van der Waals surface area contributed by atoms with E-state index in [-0.39, 0.29) is 0 Å². The molecule has 0 amide bonds. The average Bonchev–Trinajstić information content (AvgIpc) is 2.31. The van der Waals surface area contributed by atoms with E-state index in [2.05, 4.69) is 20.6 Å². The number of anilines is 1. The van der Waals surface area contributed by atoms with Gasteiger partial charge in [0, 0.05) is 12.6 Å². The lowest BCUT2D eigenvalue weighted by Crippen LogP contribution is -2.38. The number of rotatable bonds is 4. The van der Waals surface area contributed by atoms with Gasteiger partial charge >= 0.3 is 0 Å². The number of hydrogen-bond acceptors (Lipinski definition) is 5. The van der Waals surface area contributed by atoms with E-state index in [9.17, 15) is 0 Å². The Labute approximate surface area is 95.6 Å². The van der Waals surface area contributed by atoms with E-state index in [4.69, 9.17) is 4.74 Å². The van der Waals surface area contributed by atoms with Gasteiger partial charge in [-0.2, -0.15) is 4.98 Å². The van der Waals surface area contributed by atoms with Gasteiger partial charge in [0.05, 0.1) is 19.0 Å². The lowest BCUT2D eigenvalue weighted by molar-refractivity contribution is 0.325. The summed E-state index contributed by atoms with van der Waals surface area (Å²) in [5.41, 5.74) is 0. The molecule has 1 aromatic rings. The van der Waals surface area contributed by atoms with Gasteiger partial charge in [0.1, 0.15) is 5.82 Å². The molecule has 1 saturated heterocycles. The molecule has 2 heterocycles. The molecule has 2 rings (SSSR count). The van der Waals surface area contributed by atoms with Crippen LogP contribution in [-0.4, -0.2) is 35.7 Å². The van der Waals surface area contributed by atoms with Crippen LogP contribution < -0.4 is 15.4 Å². The molecule has 1 aromatic heterocycles. The van der Waals surface area contributed by atoms with Crippen molar-refractivity contribution in [2.45, 2.75) is 25.8 Å². The normalized spacial score (nSPS) is 20.4. The van der Waals surface area contributed by atoms with E-state index in [1.807, 2.05) is 6.92 Å². The summed E-state index contributed by atoms with van der Waals surface area (Å²) in [6, 6.07) is 0.444. The van der Waals surface area contributed by atoms with Gasteiger partial charge in [-0.1, -0.05) is 0 Å². The predicted octanol–water partition coefficient (Wildman–Crippen LogP) is 1.04. The first kappa shape index (κ1) is 11.1. The zero-order valence-corrected chi connectivity index (χ0v) is 9.57. The first-order chi connectivity index (χ1) is 7.88. The van der Waals surface area contributed by atoms with Gasteiger partial charge in [0.15, 0.2) is 0 Å². The summed E-state index contributed by atoms with van der Waals surface area (Å²) in [7, 11) is 0. The van der Waals surface area contributed by atoms with Crippen molar-refractivity contribution in [2.75, 3.05) is 25.0 Å². The summed E-state index contributed by atoms with van der Waals surface area (Å²) in [6.45, 7) is 4.65. The molecule has 0 aliphatic carbocycles. The van der Waals surface area contributed by atoms with Crippen LogP contribution in [0.5, 0.6) is 5.88 Å². The molecule has 1 atom stereocenters. The Kier molecular flexibility index (Phi) is 3.93. The Hall–Kier alpha value is -1.36. The number of aromatic nitrogens is 2. The van der Waals surface area contributed by atoms with Crippen LogP contribution in [0, 0.1) is 0 Å². The second-order valence-corrected chi connectivity index (χ2v) is 3.86. The van der Waals surface area contributed by atoms with Gasteiger partial charge in [-0.15, -0.1) is 0 Å². The third kappa shape index (κ3) is 3.06.